The van der Waals surface area contributed by atoms with Crippen molar-refractivity contribution in [1.29, 1.82) is 0 Å². The molecule has 0 fully saturated rings. The number of alkyl halides is 2. The minimum absolute atomic E-state index is 0.454. The van der Waals surface area contributed by atoms with Gasteiger partial charge in [0.05, 0.1) is 5.92 Å². The molecule has 2 aromatic rings. The fourth-order valence-electron chi connectivity index (χ4n) is 2.48. The van der Waals surface area contributed by atoms with Crippen molar-refractivity contribution < 1.29 is 13.6 Å². The lowest BCUT2D eigenvalue weighted by Crippen LogP contribution is -2.22. The Labute approximate surface area is 151 Å². The van der Waals surface area contributed by atoms with E-state index in [1.165, 1.54) is 0 Å². The van der Waals surface area contributed by atoms with Crippen molar-refractivity contribution >= 4 is 23.4 Å². The Hall–Kier alpha value is -2.08. The van der Waals surface area contributed by atoms with Gasteiger partial charge in [0.25, 0.3) is 5.76 Å². The van der Waals surface area contributed by atoms with Gasteiger partial charge < -0.3 is 11.1 Å². The third-order valence-electron chi connectivity index (χ3n) is 3.68. The number of benzene rings is 2. The van der Waals surface area contributed by atoms with E-state index in [0.29, 0.717) is 28.1 Å². The molecule has 6 heteroatoms. The molecule has 0 aliphatic carbocycles. The summed E-state index contributed by atoms with van der Waals surface area (Å²) in [6, 6.07) is 14.1. The Bertz CT molecular complexity index is 688. The van der Waals surface area contributed by atoms with E-state index >= 15 is 0 Å². The summed E-state index contributed by atoms with van der Waals surface area (Å²) in [4.78, 5) is 12.4. The van der Waals surface area contributed by atoms with Crippen molar-refractivity contribution in [2.45, 2.75) is 30.4 Å². The first-order valence-electron chi connectivity index (χ1n) is 8.04. The van der Waals surface area contributed by atoms with E-state index in [2.05, 4.69) is 19.2 Å². The van der Waals surface area contributed by atoms with Crippen LogP contribution in [0.2, 0.25) is 0 Å². The number of primary amides is 1. The van der Waals surface area contributed by atoms with Gasteiger partial charge in [-0.05, 0) is 41.3 Å². The van der Waals surface area contributed by atoms with Crippen molar-refractivity contribution in [3.63, 3.8) is 0 Å². The molecule has 0 radical (unpaired) electrons. The summed E-state index contributed by atoms with van der Waals surface area (Å²) in [7, 11) is 0. The van der Waals surface area contributed by atoms with Gasteiger partial charge >= 0.3 is 0 Å². The number of anilines is 1. The second-order valence-corrected chi connectivity index (χ2v) is 7.24. The van der Waals surface area contributed by atoms with Crippen LogP contribution in [0.1, 0.15) is 30.9 Å². The number of amides is 1. The Morgan fingerprint density at radius 1 is 1.04 bits per heavy atom. The van der Waals surface area contributed by atoms with E-state index in [1.54, 1.807) is 24.3 Å². The Kier molecular flexibility index (Phi) is 6.82. The lowest BCUT2D eigenvalue weighted by atomic mass is 9.90. The Morgan fingerprint density at radius 3 is 2.00 bits per heavy atom. The van der Waals surface area contributed by atoms with Gasteiger partial charge in [0, 0.05) is 17.1 Å². The maximum atomic E-state index is 12.4. The van der Waals surface area contributed by atoms with Gasteiger partial charge in [-0.25, -0.2) is 0 Å². The van der Waals surface area contributed by atoms with E-state index in [-0.39, 0.29) is 0 Å². The van der Waals surface area contributed by atoms with Crippen LogP contribution in [0.3, 0.4) is 0 Å². The van der Waals surface area contributed by atoms with E-state index in [9.17, 15) is 13.6 Å². The maximum Gasteiger partial charge on any atom is 0.288 e. The molecule has 0 aliphatic rings. The second-order valence-electron chi connectivity index (χ2n) is 6.18. The predicted molar refractivity (Wildman–Crippen MR) is 99.1 cm³/mol. The number of carbonyl (C=O) groups is 1. The summed E-state index contributed by atoms with van der Waals surface area (Å²) in [5, 5.41) is 3.31. The molecule has 0 bridgehead atoms. The van der Waals surface area contributed by atoms with E-state index in [4.69, 9.17) is 5.73 Å². The highest BCUT2D eigenvalue weighted by Gasteiger charge is 2.20. The van der Waals surface area contributed by atoms with Crippen LogP contribution in [-0.2, 0) is 4.79 Å². The van der Waals surface area contributed by atoms with E-state index in [0.717, 1.165) is 17.8 Å². The first-order chi connectivity index (χ1) is 11.9. The van der Waals surface area contributed by atoms with Crippen molar-refractivity contribution in [2.75, 3.05) is 11.9 Å². The van der Waals surface area contributed by atoms with Crippen LogP contribution < -0.4 is 11.1 Å². The van der Waals surface area contributed by atoms with E-state index in [1.807, 2.05) is 24.3 Å². The molecule has 2 rings (SSSR count). The number of nitrogens with one attached hydrogen (secondary N) is 1. The maximum absolute atomic E-state index is 12.4. The minimum Gasteiger partial charge on any atom is -0.385 e. The zero-order chi connectivity index (χ0) is 18.4. The molecule has 1 atom stereocenters. The lowest BCUT2D eigenvalue weighted by molar-refractivity contribution is -0.118. The monoisotopic (exact) mass is 364 g/mol. The van der Waals surface area contributed by atoms with Gasteiger partial charge in [0.2, 0.25) is 5.91 Å². The smallest absolute Gasteiger partial charge is 0.288 e. The van der Waals surface area contributed by atoms with Crippen LogP contribution >= 0.6 is 11.8 Å². The SMILES string of the molecule is CC(C)CNc1ccc([C@@H](C(N)=O)c2ccc(SC(F)F)cc2)cc1. The molecule has 0 saturated heterocycles. The number of nitrogens with two attached hydrogens (primary N) is 1. The molecule has 0 aromatic heterocycles. The quantitative estimate of drug-likeness (QED) is 0.668. The highest BCUT2D eigenvalue weighted by molar-refractivity contribution is 7.99. The first kappa shape index (κ1) is 19.2. The fourth-order valence-corrected chi connectivity index (χ4v) is 2.98. The largest absolute Gasteiger partial charge is 0.385 e. The normalized spacial score (nSPS) is 12.4. The van der Waals surface area contributed by atoms with Crippen LogP contribution in [-0.4, -0.2) is 18.2 Å². The number of rotatable bonds is 8. The summed E-state index contributed by atoms with van der Waals surface area (Å²) in [6.07, 6.45) is 0. The molecule has 25 heavy (non-hydrogen) atoms. The molecule has 0 saturated carbocycles. The molecule has 1 amide bonds. The summed E-state index contributed by atoms with van der Waals surface area (Å²) in [5.41, 5.74) is 8.02. The summed E-state index contributed by atoms with van der Waals surface area (Å²) in [6.45, 7) is 5.11. The molecule has 0 aliphatic heterocycles. The summed E-state index contributed by atoms with van der Waals surface area (Å²) < 4.78 is 24.8. The highest BCUT2D eigenvalue weighted by Crippen LogP contribution is 2.30. The number of carbonyl (C=O) groups excluding carboxylic acids is 1. The first-order valence-corrected chi connectivity index (χ1v) is 8.92. The van der Waals surface area contributed by atoms with Crippen molar-refractivity contribution in [3.8, 4) is 0 Å². The zero-order valence-corrected chi connectivity index (χ0v) is 15.0. The lowest BCUT2D eigenvalue weighted by Gasteiger charge is -2.16. The minimum atomic E-state index is -2.47. The molecular formula is C19H22F2N2OS. The number of hydrogen-bond acceptors (Lipinski definition) is 3. The fraction of sp³-hybridized carbons (Fsp3) is 0.316. The second kappa shape index (κ2) is 8.85. The zero-order valence-electron chi connectivity index (χ0n) is 14.2. The van der Waals surface area contributed by atoms with Gasteiger partial charge in [-0.3, -0.25) is 4.79 Å². The molecule has 3 nitrogen and oxygen atoms in total. The highest BCUT2D eigenvalue weighted by atomic mass is 32.2. The van der Waals surface area contributed by atoms with E-state index < -0.39 is 17.6 Å². The van der Waals surface area contributed by atoms with Gasteiger partial charge in [0.15, 0.2) is 0 Å². The molecule has 3 N–H and O–H groups in total. The summed E-state index contributed by atoms with van der Waals surface area (Å²) in [5.74, 6) is -3.02. The molecular weight excluding hydrogens is 342 g/mol. The molecule has 134 valence electrons. The molecule has 2 aromatic carbocycles. The number of hydrogen-bond donors (Lipinski definition) is 2. The van der Waals surface area contributed by atoms with Gasteiger partial charge in [-0.2, -0.15) is 8.78 Å². The molecule has 0 spiro atoms. The Balaban J connectivity index is 2.18. The van der Waals surface area contributed by atoms with Crippen molar-refractivity contribution in [1.82, 2.24) is 0 Å². The van der Waals surface area contributed by atoms with Gasteiger partial charge in [-0.15, -0.1) is 0 Å². The van der Waals surface area contributed by atoms with Crippen molar-refractivity contribution in [2.24, 2.45) is 11.7 Å². The number of thioether (sulfide) groups is 1. The Morgan fingerprint density at radius 2 is 1.56 bits per heavy atom. The predicted octanol–water partition coefficient (Wildman–Crippen LogP) is 4.69. The standard InChI is InChI=1S/C19H22F2N2OS/c1-12(2)11-23-15-7-3-13(4-8-15)17(18(22)24)14-5-9-16(10-6-14)25-19(20)21/h3-10,12,17,19,23H,11H2,1-2H3,(H2,22,24)/t17-/m1/s1. The van der Waals surface area contributed by atoms with Crippen LogP contribution in [0.4, 0.5) is 14.5 Å². The topological polar surface area (TPSA) is 55.1 Å². The average Bonchev–Trinajstić information content (AvgIpc) is 2.55. The van der Waals surface area contributed by atoms with Crippen LogP contribution in [0.5, 0.6) is 0 Å². The molecule has 0 heterocycles. The van der Waals surface area contributed by atoms with Crippen molar-refractivity contribution in [3.05, 3.63) is 59.7 Å². The third kappa shape index (κ3) is 5.74. The van der Waals surface area contributed by atoms with Crippen LogP contribution in [0.25, 0.3) is 0 Å². The third-order valence-corrected chi connectivity index (χ3v) is 4.40. The van der Waals surface area contributed by atoms with Crippen LogP contribution in [0.15, 0.2) is 53.4 Å². The van der Waals surface area contributed by atoms with Crippen LogP contribution in [0, 0.1) is 5.92 Å². The average molecular weight is 364 g/mol. The summed E-state index contributed by atoms with van der Waals surface area (Å²) >= 11 is 0.475. The number of halogens is 2. The van der Waals surface area contributed by atoms with Gasteiger partial charge in [-0.1, -0.05) is 49.9 Å². The van der Waals surface area contributed by atoms with Gasteiger partial charge in [0.1, 0.15) is 0 Å². The molecule has 0 unspecified atom stereocenters.